The molecule has 1 rings (SSSR count). The van der Waals surface area contributed by atoms with Gasteiger partial charge in [0, 0.05) is 43.9 Å². The number of nitrogens with one attached hydrogen (secondary N) is 3. The third-order valence-corrected chi connectivity index (χ3v) is 3.03. The maximum Gasteiger partial charge on any atom is 0.251 e. The summed E-state index contributed by atoms with van der Waals surface area (Å²) in [7, 11) is 1.70. The normalized spacial score (nSPS) is 10.7. The van der Waals surface area contributed by atoms with Crippen molar-refractivity contribution in [2.24, 2.45) is 4.99 Å². The van der Waals surface area contributed by atoms with Crippen LogP contribution in [-0.4, -0.2) is 51.8 Å². The zero-order valence-electron chi connectivity index (χ0n) is 13.4. The number of ether oxygens (including phenoxy) is 1. The number of benzene rings is 1. The van der Waals surface area contributed by atoms with Crippen molar-refractivity contribution >= 4 is 47.4 Å². The Kier molecular flexibility index (Phi) is 12.8. The number of hydrogen-bond acceptors (Lipinski definition) is 3. The largest absolute Gasteiger partial charge is 0.380 e. The summed E-state index contributed by atoms with van der Waals surface area (Å²) in [6, 6.07) is 6.77. The van der Waals surface area contributed by atoms with Gasteiger partial charge in [0.25, 0.3) is 5.91 Å². The second-order valence-corrected chi connectivity index (χ2v) is 4.82. The van der Waals surface area contributed by atoms with Crippen molar-refractivity contribution in [3.8, 4) is 0 Å². The molecule has 3 N–H and O–H groups in total. The summed E-state index contributed by atoms with van der Waals surface area (Å²) in [5, 5.41) is 9.66. The van der Waals surface area contributed by atoms with Gasteiger partial charge in [0.2, 0.25) is 0 Å². The fourth-order valence-electron chi connectivity index (χ4n) is 1.67. The predicted molar refractivity (Wildman–Crippen MR) is 105 cm³/mol. The molecule has 0 saturated carbocycles. The van der Waals surface area contributed by atoms with Crippen LogP contribution in [0.4, 0.5) is 0 Å². The highest BCUT2D eigenvalue weighted by molar-refractivity contribution is 14.0. The van der Waals surface area contributed by atoms with Gasteiger partial charge in [-0.2, -0.15) is 0 Å². The lowest BCUT2D eigenvalue weighted by Crippen LogP contribution is -2.42. The van der Waals surface area contributed by atoms with Crippen molar-refractivity contribution in [3.05, 3.63) is 34.9 Å². The van der Waals surface area contributed by atoms with Gasteiger partial charge < -0.3 is 20.7 Å². The van der Waals surface area contributed by atoms with E-state index in [1.807, 2.05) is 6.92 Å². The van der Waals surface area contributed by atoms with Crippen molar-refractivity contribution in [1.82, 2.24) is 16.0 Å². The molecule has 1 aromatic carbocycles. The molecule has 6 nitrogen and oxygen atoms in total. The lowest BCUT2D eigenvalue weighted by molar-refractivity contribution is 0.0954. The maximum atomic E-state index is 11.9. The lowest BCUT2D eigenvalue weighted by atomic mass is 10.2. The van der Waals surface area contributed by atoms with Crippen LogP contribution in [0.15, 0.2) is 29.3 Å². The molecular weight excluding hydrogens is 431 g/mol. The van der Waals surface area contributed by atoms with Gasteiger partial charge in [-0.05, 0) is 31.2 Å². The van der Waals surface area contributed by atoms with Crippen LogP contribution in [0.2, 0.25) is 5.02 Å². The number of carbonyl (C=O) groups is 1. The van der Waals surface area contributed by atoms with E-state index in [0.717, 1.165) is 0 Å². The number of amides is 1. The number of hydrogen-bond donors (Lipinski definition) is 3. The molecule has 130 valence electrons. The van der Waals surface area contributed by atoms with Crippen molar-refractivity contribution in [3.63, 3.8) is 0 Å². The number of nitrogens with zero attached hydrogens (tertiary/aromatic N) is 1. The Morgan fingerprint density at radius 1 is 1.13 bits per heavy atom. The molecule has 0 radical (unpaired) electrons. The summed E-state index contributed by atoms with van der Waals surface area (Å²) in [5.74, 6) is 0.554. The van der Waals surface area contributed by atoms with Gasteiger partial charge in [-0.25, -0.2) is 0 Å². The molecule has 0 unspecified atom stereocenters. The molecule has 1 aromatic rings. The molecule has 8 heteroatoms. The summed E-state index contributed by atoms with van der Waals surface area (Å²) < 4.78 is 5.23. The van der Waals surface area contributed by atoms with Gasteiger partial charge in [0.1, 0.15) is 0 Å². The van der Waals surface area contributed by atoms with Crippen molar-refractivity contribution in [1.29, 1.82) is 0 Å². The molecule has 0 aliphatic rings. The third kappa shape index (κ3) is 9.62. The summed E-state index contributed by atoms with van der Waals surface area (Å²) in [4.78, 5) is 16.0. The van der Waals surface area contributed by atoms with E-state index in [2.05, 4.69) is 20.9 Å². The highest BCUT2D eigenvalue weighted by Crippen LogP contribution is 2.08. The fourth-order valence-corrected chi connectivity index (χ4v) is 1.79. The van der Waals surface area contributed by atoms with E-state index in [9.17, 15) is 4.79 Å². The summed E-state index contributed by atoms with van der Waals surface area (Å²) >= 11 is 5.78. The van der Waals surface area contributed by atoms with E-state index >= 15 is 0 Å². The van der Waals surface area contributed by atoms with Crippen LogP contribution in [0.5, 0.6) is 0 Å². The first-order valence-electron chi connectivity index (χ1n) is 7.23. The van der Waals surface area contributed by atoms with Gasteiger partial charge >= 0.3 is 0 Å². The molecule has 0 heterocycles. The van der Waals surface area contributed by atoms with Gasteiger partial charge in [0.05, 0.1) is 6.61 Å². The molecule has 0 aliphatic carbocycles. The molecule has 0 atom stereocenters. The minimum Gasteiger partial charge on any atom is -0.380 e. The molecular formula is C15H24ClIN4O2. The topological polar surface area (TPSA) is 74.8 Å². The van der Waals surface area contributed by atoms with E-state index in [-0.39, 0.29) is 29.9 Å². The molecule has 23 heavy (non-hydrogen) atoms. The van der Waals surface area contributed by atoms with Crippen molar-refractivity contribution < 1.29 is 9.53 Å². The predicted octanol–water partition coefficient (Wildman–Crippen LogP) is 1.89. The summed E-state index contributed by atoms with van der Waals surface area (Å²) in [6.45, 7) is 5.04. The first-order valence-corrected chi connectivity index (χ1v) is 7.61. The van der Waals surface area contributed by atoms with E-state index in [0.29, 0.717) is 49.4 Å². The number of carbonyl (C=O) groups excluding carboxylic acids is 1. The van der Waals surface area contributed by atoms with Gasteiger partial charge in [0.15, 0.2) is 5.96 Å². The van der Waals surface area contributed by atoms with Crippen LogP contribution >= 0.6 is 35.6 Å². The monoisotopic (exact) mass is 454 g/mol. The van der Waals surface area contributed by atoms with E-state index in [4.69, 9.17) is 16.3 Å². The van der Waals surface area contributed by atoms with Gasteiger partial charge in [-0.3, -0.25) is 9.79 Å². The molecule has 1 amide bonds. The van der Waals surface area contributed by atoms with E-state index in [1.165, 1.54) is 0 Å². The molecule has 0 fully saturated rings. The first kappa shape index (κ1) is 21.9. The maximum absolute atomic E-state index is 11.9. The Morgan fingerprint density at radius 3 is 2.35 bits per heavy atom. The number of aliphatic imine (C=N–C) groups is 1. The molecule has 0 spiro atoms. The molecule has 0 bridgehead atoms. The Labute approximate surface area is 159 Å². The minimum atomic E-state index is -0.127. The van der Waals surface area contributed by atoms with Crippen LogP contribution in [0.3, 0.4) is 0 Å². The average molecular weight is 455 g/mol. The second-order valence-electron chi connectivity index (χ2n) is 4.39. The van der Waals surface area contributed by atoms with Crippen molar-refractivity contribution in [2.45, 2.75) is 6.92 Å². The van der Waals surface area contributed by atoms with E-state index < -0.39 is 0 Å². The fraction of sp³-hybridized carbons (Fsp3) is 0.467. The van der Waals surface area contributed by atoms with Crippen LogP contribution < -0.4 is 16.0 Å². The smallest absolute Gasteiger partial charge is 0.251 e. The second kappa shape index (κ2) is 13.4. The highest BCUT2D eigenvalue weighted by atomic mass is 127. The SMILES string of the molecule is CCOCCNC(=NC)NCCNC(=O)c1ccc(Cl)cc1.I. The van der Waals surface area contributed by atoms with Gasteiger partial charge in [-0.15, -0.1) is 24.0 Å². The third-order valence-electron chi connectivity index (χ3n) is 2.78. The number of guanidine groups is 1. The Balaban J connectivity index is 0.00000484. The average Bonchev–Trinajstić information content (AvgIpc) is 2.53. The Bertz CT molecular complexity index is 483. The van der Waals surface area contributed by atoms with Gasteiger partial charge in [-0.1, -0.05) is 11.6 Å². The summed E-state index contributed by atoms with van der Waals surface area (Å²) in [6.07, 6.45) is 0. The number of halogens is 2. The zero-order chi connectivity index (χ0) is 16.2. The molecule has 0 aliphatic heterocycles. The summed E-state index contributed by atoms with van der Waals surface area (Å²) in [5.41, 5.74) is 0.587. The highest BCUT2D eigenvalue weighted by Gasteiger charge is 2.04. The van der Waals surface area contributed by atoms with Crippen LogP contribution in [-0.2, 0) is 4.74 Å². The first-order chi connectivity index (χ1) is 10.7. The van der Waals surface area contributed by atoms with Crippen LogP contribution in [0, 0.1) is 0 Å². The molecule has 0 aromatic heterocycles. The van der Waals surface area contributed by atoms with E-state index in [1.54, 1.807) is 31.3 Å². The quantitative estimate of drug-likeness (QED) is 0.243. The zero-order valence-corrected chi connectivity index (χ0v) is 16.5. The number of rotatable bonds is 8. The van der Waals surface area contributed by atoms with Crippen molar-refractivity contribution in [2.75, 3.05) is 39.9 Å². The minimum absolute atomic E-state index is 0. The standard InChI is InChI=1S/C15H23ClN4O2.HI/c1-3-22-11-10-20-15(17-2)19-9-8-18-14(21)12-4-6-13(16)7-5-12;/h4-7H,3,8-11H2,1-2H3,(H,18,21)(H2,17,19,20);1H. The lowest BCUT2D eigenvalue weighted by Gasteiger charge is -2.12. The van der Waals surface area contributed by atoms with Crippen LogP contribution in [0.25, 0.3) is 0 Å². The van der Waals surface area contributed by atoms with Crippen LogP contribution in [0.1, 0.15) is 17.3 Å². The Morgan fingerprint density at radius 2 is 1.74 bits per heavy atom. The molecule has 0 saturated heterocycles. The Hall–Kier alpha value is -1.06.